The Hall–Kier alpha value is -2.07. The molecule has 0 aliphatic rings. The molecule has 5 N–H and O–H groups in total. The summed E-state index contributed by atoms with van der Waals surface area (Å²) in [6, 6.07) is 0. The molecule has 0 aromatic carbocycles. The summed E-state index contributed by atoms with van der Waals surface area (Å²) in [4.78, 5) is 17.6. The molecule has 0 bridgehead atoms. The van der Waals surface area contributed by atoms with Crippen LogP contribution < -0.4 is 0 Å². The third kappa shape index (κ3) is 5.01. The van der Waals surface area contributed by atoms with E-state index in [1.165, 1.54) is 19.3 Å². The third-order valence-electron chi connectivity index (χ3n) is 3.94. The number of phosphoric acid groups is 1. The lowest BCUT2D eigenvalue weighted by atomic mass is 10.1. The zero-order chi connectivity index (χ0) is 20.2. The Morgan fingerprint density at radius 2 is 1.41 bits per heavy atom. The molecule has 0 aliphatic carbocycles. The van der Waals surface area contributed by atoms with Gasteiger partial charge in [0.25, 0.3) is 0 Å². The molecule has 2 aromatic rings. The number of aliphatic hydroxyl groups excluding tert-OH is 2. The van der Waals surface area contributed by atoms with Crippen molar-refractivity contribution in [2.75, 3.05) is 0 Å². The molecule has 0 fully saturated rings. The van der Waals surface area contributed by atoms with E-state index in [-0.39, 0.29) is 39.4 Å². The van der Waals surface area contributed by atoms with E-state index < -0.39 is 34.3 Å². The molecule has 10 nitrogen and oxygen atoms in total. The summed E-state index contributed by atoms with van der Waals surface area (Å²) in [7, 11) is -4.55. The van der Waals surface area contributed by atoms with Crippen molar-refractivity contribution in [3.8, 4) is 11.5 Å². The highest BCUT2D eigenvalue weighted by Gasteiger charge is 2.24. The van der Waals surface area contributed by atoms with Crippen molar-refractivity contribution in [3.05, 3.63) is 46.0 Å². The van der Waals surface area contributed by atoms with Crippen LogP contribution in [0.1, 0.15) is 33.6 Å². The van der Waals surface area contributed by atoms with Crippen LogP contribution in [0.3, 0.4) is 0 Å². The lowest BCUT2D eigenvalue weighted by Gasteiger charge is -2.16. The molecular weight excluding hydrogens is 379 g/mol. The van der Waals surface area contributed by atoms with E-state index in [4.69, 9.17) is 9.05 Å². The van der Waals surface area contributed by atoms with Gasteiger partial charge in [-0.3, -0.25) is 19.0 Å². The summed E-state index contributed by atoms with van der Waals surface area (Å²) in [6.45, 7) is 1.18. The summed E-state index contributed by atoms with van der Waals surface area (Å²) >= 11 is 0. The number of aromatic nitrogens is 2. The summed E-state index contributed by atoms with van der Waals surface area (Å²) < 4.78 is 21.9. The lowest BCUT2D eigenvalue weighted by Crippen LogP contribution is -2.04. The number of aliphatic hydroxyl groups is 2. The van der Waals surface area contributed by atoms with E-state index in [0.717, 1.165) is 0 Å². The number of hydrogen-bond acceptors (Lipinski definition) is 9. The van der Waals surface area contributed by atoms with Gasteiger partial charge in [0.05, 0.1) is 37.8 Å². The number of hydrogen-bond donors (Lipinski definition) is 5. The van der Waals surface area contributed by atoms with Crippen molar-refractivity contribution in [1.82, 2.24) is 9.97 Å². The molecule has 0 radical (unpaired) electrons. The van der Waals surface area contributed by atoms with Gasteiger partial charge in [-0.2, -0.15) is 0 Å². The highest BCUT2D eigenvalue weighted by atomic mass is 31.2. The first kappa shape index (κ1) is 21.2. The summed E-state index contributed by atoms with van der Waals surface area (Å²) in [6.07, 6.45) is 2.63. The largest absolute Gasteiger partial charge is 0.506 e. The molecule has 1 atom stereocenters. The van der Waals surface area contributed by atoms with Crippen molar-refractivity contribution in [3.63, 3.8) is 0 Å². The number of phosphoric ester groups is 1. The Balaban J connectivity index is 2.10. The Labute approximate surface area is 155 Å². The standard InChI is InChI=1S/C16H21N2O8P/c1-9-15(21)13(6-20)12(4-18-9)7-25-27(23,24)26-8-14-11(5-19)3-17-10(2)16(14)22/h3-4,19-22H,5-8H2,1-2H3,(H,23,24). The molecule has 0 aliphatic heterocycles. The van der Waals surface area contributed by atoms with Crippen LogP contribution in [0.2, 0.25) is 0 Å². The van der Waals surface area contributed by atoms with Crippen molar-refractivity contribution in [2.24, 2.45) is 0 Å². The molecule has 2 rings (SSSR count). The molecule has 2 heterocycles. The minimum atomic E-state index is -4.55. The lowest BCUT2D eigenvalue weighted by molar-refractivity contribution is 0.134. The summed E-state index contributed by atoms with van der Waals surface area (Å²) in [5, 5.41) is 38.5. The maximum atomic E-state index is 12.1. The molecule has 0 saturated heterocycles. The van der Waals surface area contributed by atoms with Crippen molar-refractivity contribution >= 4 is 7.82 Å². The van der Waals surface area contributed by atoms with Crippen LogP contribution in [0.4, 0.5) is 0 Å². The number of aryl methyl sites for hydroxylation is 2. The van der Waals surface area contributed by atoms with Crippen LogP contribution in [0.25, 0.3) is 0 Å². The minimum absolute atomic E-state index is 0.119. The SMILES string of the molecule is Cc1ncc(COP(=O)(O)OCc2c(CO)cnc(C)c2O)c(CO)c1O. The van der Waals surface area contributed by atoms with E-state index in [0.29, 0.717) is 5.69 Å². The first-order valence-electron chi connectivity index (χ1n) is 7.86. The minimum Gasteiger partial charge on any atom is -0.506 e. The van der Waals surface area contributed by atoms with Crippen molar-refractivity contribution in [2.45, 2.75) is 40.3 Å². The second-order valence-electron chi connectivity index (χ2n) is 5.72. The average Bonchev–Trinajstić information content (AvgIpc) is 2.64. The molecule has 11 heteroatoms. The first-order chi connectivity index (χ1) is 12.7. The Morgan fingerprint density at radius 1 is 0.889 bits per heavy atom. The van der Waals surface area contributed by atoms with Gasteiger partial charge in [0.1, 0.15) is 11.5 Å². The Kier molecular flexibility index (Phi) is 6.88. The zero-order valence-corrected chi connectivity index (χ0v) is 15.7. The quantitative estimate of drug-likeness (QED) is 0.408. The van der Waals surface area contributed by atoms with Gasteiger partial charge in [-0.1, -0.05) is 0 Å². The molecule has 1 unspecified atom stereocenters. The predicted molar refractivity (Wildman–Crippen MR) is 92.5 cm³/mol. The van der Waals surface area contributed by atoms with Crippen LogP contribution in [-0.2, 0) is 40.0 Å². The van der Waals surface area contributed by atoms with Crippen LogP contribution in [0, 0.1) is 13.8 Å². The number of nitrogens with zero attached hydrogens (tertiary/aromatic N) is 2. The normalized spacial score (nSPS) is 13.5. The van der Waals surface area contributed by atoms with Gasteiger partial charge in [0.2, 0.25) is 0 Å². The van der Waals surface area contributed by atoms with E-state index in [1.807, 2.05) is 0 Å². The molecule has 0 spiro atoms. The van der Waals surface area contributed by atoms with Crippen LogP contribution in [0.5, 0.6) is 11.5 Å². The fourth-order valence-corrected chi connectivity index (χ4v) is 2.97. The maximum absolute atomic E-state index is 12.1. The van der Waals surface area contributed by atoms with Gasteiger partial charge in [-0.25, -0.2) is 4.57 Å². The van der Waals surface area contributed by atoms with Gasteiger partial charge >= 0.3 is 7.82 Å². The number of rotatable bonds is 8. The molecule has 0 amide bonds. The highest BCUT2D eigenvalue weighted by molar-refractivity contribution is 7.47. The van der Waals surface area contributed by atoms with Crippen LogP contribution >= 0.6 is 7.82 Å². The van der Waals surface area contributed by atoms with E-state index in [9.17, 15) is 29.9 Å². The third-order valence-corrected chi connectivity index (χ3v) is 4.85. The summed E-state index contributed by atoms with van der Waals surface area (Å²) in [5.41, 5.74) is 1.28. The highest BCUT2D eigenvalue weighted by Crippen LogP contribution is 2.46. The summed E-state index contributed by atoms with van der Waals surface area (Å²) in [5.74, 6) is -0.478. The fraction of sp³-hybridized carbons (Fsp3) is 0.375. The van der Waals surface area contributed by atoms with Gasteiger partial charge in [0.15, 0.2) is 0 Å². The van der Waals surface area contributed by atoms with Crippen LogP contribution in [-0.4, -0.2) is 35.3 Å². The van der Waals surface area contributed by atoms with Gasteiger partial charge in [0, 0.05) is 34.6 Å². The Bertz CT molecular complexity index is 874. The van der Waals surface area contributed by atoms with Crippen molar-refractivity contribution < 1.29 is 38.9 Å². The maximum Gasteiger partial charge on any atom is 0.472 e. The fourth-order valence-electron chi connectivity index (χ4n) is 2.30. The number of pyridine rings is 2. The van der Waals surface area contributed by atoms with E-state index >= 15 is 0 Å². The topological polar surface area (TPSA) is 162 Å². The van der Waals surface area contributed by atoms with Crippen molar-refractivity contribution in [1.29, 1.82) is 0 Å². The molecule has 148 valence electrons. The molecular formula is C16H21N2O8P. The van der Waals surface area contributed by atoms with Gasteiger partial charge < -0.3 is 25.3 Å². The first-order valence-corrected chi connectivity index (χ1v) is 9.36. The molecule has 0 saturated carbocycles. The van der Waals surface area contributed by atoms with E-state index in [2.05, 4.69) is 9.97 Å². The van der Waals surface area contributed by atoms with Gasteiger partial charge in [-0.05, 0) is 13.8 Å². The average molecular weight is 400 g/mol. The monoisotopic (exact) mass is 400 g/mol. The van der Waals surface area contributed by atoms with Gasteiger partial charge in [-0.15, -0.1) is 0 Å². The Morgan fingerprint density at radius 3 is 1.96 bits per heavy atom. The predicted octanol–water partition coefficient (Wildman–Crippen LogP) is 1.32. The second kappa shape index (κ2) is 8.75. The van der Waals surface area contributed by atoms with Crippen LogP contribution in [0.15, 0.2) is 12.4 Å². The zero-order valence-electron chi connectivity index (χ0n) is 14.8. The van der Waals surface area contributed by atoms with E-state index in [1.54, 1.807) is 6.92 Å². The molecule has 27 heavy (non-hydrogen) atoms. The smallest absolute Gasteiger partial charge is 0.472 e. The second-order valence-corrected chi connectivity index (χ2v) is 7.18. The molecule has 2 aromatic heterocycles. The number of aromatic hydroxyl groups is 2.